The molecule has 0 unspecified atom stereocenters. The molecule has 1 aliphatic heterocycles. The number of amides is 2. The summed E-state index contributed by atoms with van der Waals surface area (Å²) in [6.45, 7) is 0.953. The summed E-state index contributed by atoms with van der Waals surface area (Å²) in [5, 5.41) is 0.437. The Morgan fingerprint density at radius 1 is 1.32 bits per heavy atom. The molecule has 0 aromatic heterocycles. The highest BCUT2D eigenvalue weighted by molar-refractivity contribution is 8.76. The molecule has 0 spiro atoms. The van der Waals surface area contributed by atoms with Gasteiger partial charge in [-0.25, -0.2) is 4.79 Å². The molecule has 0 saturated carbocycles. The highest BCUT2D eigenvalue weighted by Gasteiger charge is 2.34. The van der Waals surface area contributed by atoms with Crippen LogP contribution in [0.25, 0.3) is 0 Å². The zero-order valence-electron chi connectivity index (χ0n) is 12.1. The standard InChI is InChI=1S/C13H17NO6S2/c1-3-10(19-7-6-18-8-9-22-21-2)13(17)20-14-11(15)4-5-12(14)16/h1,10H,4-9H2,2H3/t10-/m0/s1. The fourth-order valence-corrected chi connectivity index (χ4v) is 2.54. The van der Waals surface area contributed by atoms with Crippen LogP contribution in [0.3, 0.4) is 0 Å². The lowest BCUT2D eigenvalue weighted by molar-refractivity contribution is -0.203. The number of carbonyl (C=O) groups is 3. The second kappa shape index (κ2) is 10.5. The molecular formula is C13H17NO6S2. The van der Waals surface area contributed by atoms with E-state index in [1.807, 2.05) is 6.26 Å². The monoisotopic (exact) mass is 347 g/mol. The molecule has 122 valence electrons. The minimum atomic E-state index is -1.29. The number of ether oxygens (including phenoxy) is 2. The van der Waals surface area contributed by atoms with Gasteiger partial charge in [0.05, 0.1) is 19.8 Å². The molecule has 1 heterocycles. The number of hydrogen-bond acceptors (Lipinski definition) is 8. The van der Waals surface area contributed by atoms with Gasteiger partial charge in [0.2, 0.25) is 6.10 Å². The van der Waals surface area contributed by atoms with Gasteiger partial charge >= 0.3 is 5.97 Å². The minimum absolute atomic E-state index is 0.0234. The van der Waals surface area contributed by atoms with Gasteiger partial charge in [-0.3, -0.25) is 9.59 Å². The molecule has 1 aliphatic rings. The van der Waals surface area contributed by atoms with E-state index >= 15 is 0 Å². The van der Waals surface area contributed by atoms with Crippen LogP contribution in [0.2, 0.25) is 0 Å². The second-order valence-electron chi connectivity index (χ2n) is 4.01. The third-order valence-electron chi connectivity index (χ3n) is 2.49. The predicted octanol–water partition coefficient (Wildman–Crippen LogP) is 0.640. The summed E-state index contributed by atoms with van der Waals surface area (Å²) >= 11 is 0. The number of rotatable bonds is 10. The lowest BCUT2D eigenvalue weighted by atomic mass is 10.4. The second-order valence-corrected chi connectivity index (χ2v) is 6.70. The maximum atomic E-state index is 11.7. The quantitative estimate of drug-likeness (QED) is 0.246. The van der Waals surface area contributed by atoms with Crippen molar-refractivity contribution < 1.29 is 28.7 Å². The van der Waals surface area contributed by atoms with Crippen LogP contribution < -0.4 is 0 Å². The molecule has 1 rings (SSSR count). The number of hydroxylamine groups is 2. The fourth-order valence-electron chi connectivity index (χ4n) is 1.48. The summed E-state index contributed by atoms with van der Waals surface area (Å²) in [7, 11) is 3.33. The third kappa shape index (κ3) is 6.27. The molecule has 9 heteroatoms. The molecule has 0 radical (unpaired) electrons. The average Bonchev–Trinajstić information content (AvgIpc) is 2.82. The SMILES string of the molecule is C#C[C@H](OCCOCCSSC)C(=O)ON1C(=O)CCC1=O. The van der Waals surface area contributed by atoms with E-state index in [-0.39, 0.29) is 26.1 Å². The first-order valence-electron chi connectivity index (χ1n) is 6.48. The van der Waals surface area contributed by atoms with Gasteiger partial charge in [0, 0.05) is 18.6 Å². The smallest absolute Gasteiger partial charge is 0.373 e. The summed E-state index contributed by atoms with van der Waals surface area (Å²) in [5.41, 5.74) is 0. The van der Waals surface area contributed by atoms with Gasteiger partial charge in [-0.2, -0.15) is 0 Å². The molecule has 0 aromatic rings. The van der Waals surface area contributed by atoms with Crippen LogP contribution in [0.5, 0.6) is 0 Å². The van der Waals surface area contributed by atoms with Crippen LogP contribution in [0, 0.1) is 12.3 Å². The normalized spacial score (nSPS) is 15.7. The number of imide groups is 1. The summed E-state index contributed by atoms with van der Waals surface area (Å²) < 4.78 is 10.4. The van der Waals surface area contributed by atoms with Crippen LogP contribution in [-0.2, 0) is 28.7 Å². The fraction of sp³-hybridized carbons (Fsp3) is 0.615. The largest absolute Gasteiger partial charge is 0.378 e. The van der Waals surface area contributed by atoms with Crippen molar-refractivity contribution in [3.63, 3.8) is 0 Å². The Morgan fingerprint density at radius 3 is 2.59 bits per heavy atom. The van der Waals surface area contributed by atoms with E-state index < -0.39 is 23.9 Å². The molecule has 1 atom stereocenters. The Hall–Kier alpha value is -1.21. The topological polar surface area (TPSA) is 82.1 Å². The van der Waals surface area contributed by atoms with Crippen molar-refractivity contribution in [1.82, 2.24) is 5.06 Å². The summed E-state index contributed by atoms with van der Waals surface area (Å²) in [5.74, 6) is 0.855. The van der Waals surface area contributed by atoms with Crippen molar-refractivity contribution in [2.75, 3.05) is 31.8 Å². The molecule has 2 amide bonds. The van der Waals surface area contributed by atoms with Gasteiger partial charge in [-0.1, -0.05) is 27.5 Å². The van der Waals surface area contributed by atoms with Gasteiger partial charge in [-0.05, 0) is 6.26 Å². The number of hydrogen-bond donors (Lipinski definition) is 0. The first kappa shape index (κ1) is 18.8. The van der Waals surface area contributed by atoms with Crippen LogP contribution in [0.15, 0.2) is 0 Å². The van der Waals surface area contributed by atoms with E-state index in [1.54, 1.807) is 21.6 Å². The predicted molar refractivity (Wildman–Crippen MR) is 82.5 cm³/mol. The minimum Gasteiger partial charge on any atom is -0.378 e. The number of nitrogens with zero attached hydrogens (tertiary/aromatic N) is 1. The van der Waals surface area contributed by atoms with Gasteiger partial charge in [0.1, 0.15) is 0 Å². The van der Waals surface area contributed by atoms with Crippen molar-refractivity contribution in [2.24, 2.45) is 0 Å². The maximum Gasteiger partial charge on any atom is 0.373 e. The van der Waals surface area contributed by atoms with Crippen LogP contribution in [0.4, 0.5) is 0 Å². The van der Waals surface area contributed by atoms with Gasteiger partial charge in [-0.15, -0.1) is 11.5 Å². The maximum absolute atomic E-state index is 11.7. The van der Waals surface area contributed by atoms with Crippen molar-refractivity contribution in [3.8, 4) is 12.3 Å². The van der Waals surface area contributed by atoms with E-state index in [2.05, 4.69) is 10.8 Å². The number of terminal acetylenes is 1. The van der Waals surface area contributed by atoms with E-state index in [9.17, 15) is 14.4 Å². The molecule has 22 heavy (non-hydrogen) atoms. The zero-order valence-corrected chi connectivity index (χ0v) is 13.7. The van der Waals surface area contributed by atoms with Crippen molar-refractivity contribution in [3.05, 3.63) is 0 Å². The molecule has 0 aliphatic carbocycles. The Labute approximate surface area is 136 Å². The van der Waals surface area contributed by atoms with Gasteiger partial charge < -0.3 is 14.3 Å². The Balaban J connectivity index is 2.26. The van der Waals surface area contributed by atoms with Crippen molar-refractivity contribution in [2.45, 2.75) is 18.9 Å². The van der Waals surface area contributed by atoms with E-state index in [0.29, 0.717) is 11.7 Å². The summed E-state index contributed by atoms with van der Waals surface area (Å²) in [4.78, 5) is 39.1. The van der Waals surface area contributed by atoms with Crippen molar-refractivity contribution >= 4 is 39.4 Å². The Bertz CT molecular complexity index is 434. The van der Waals surface area contributed by atoms with E-state index in [1.165, 1.54) is 0 Å². The molecule has 1 fully saturated rings. The highest BCUT2D eigenvalue weighted by atomic mass is 33.1. The molecular weight excluding hydrogens is 330 g/mol. The molecule has 0 bridgehead atoms. The van der Waals surface area contributed by atoms with Crippen LogP contribution in [0.1, 0.15) is 12.8 Å². The Morgan fingerprint density at radius 2 is 2.00 bits per heavy atom. The molecule has 0 N–H and O–H groups in total. The first-order chi connectivity index (χ1) is 10.6. The lowest BCUT2D eigenvalue weighted by Crippen LogP contribution is -2.37. The van der Waals surface area contributed by atoms with Crippen LogP contribution in [-0.4, -0.2) is 60.8 Å². The van der Waals surface area contributed by atoms with E-state index in [0.717, 1.165) is 5.75 Å². The highest BCUT2D eigenvalue weighted by Crippen LogP contribution is 2.15. The summed E-state index contributed by atoms with van der Waals surface area (Å²) in [6, 6.07) is 0. The number of carbonyl (C=O) groups excluding carboxylic acids is 3. The summed E-state index contributed by atoms with van der Waals surface area (Å²) in [6.07, 6.45) is 5.93. The van der Waals surface area contributed by atoms with Crippen LogP contribution >= 0.6 is 21.6 Å². The zero-order chi connectivity index (χ0) is 16.4. The van der Waals surface area contributed by atoms with Gasteiger partial charge in [0.15, 0.2) is 0 Å². The van der Waals surface area contributed by atoms with Gasteiger partial charge in [0.25, 0.3) is 11.8 Å². The molecule has 7 nitrogen and oxygen atoms in total. The molecule has 1 saturated heterocycles. The Kier molecular flexibility index (Phi) is 9.00. The average molecular weight is 347 g/mol. The van der Waals surface area contributed by atoms with Crippen molar-refractivity contribution in [1.29, 1.82) is 0 Å². The molecule has 0 aromatic carbocycles. The third-order valence-corrected chi connectivity index (χ3v) is 4.27. The van der Waals surface area contributed by atoms with E-state index in [4.69, 9.17) is 15.9 Å². The first-order valence-corrected chi connectivity index (χ1v) is 9.21. The lowest BCUT2D eigenvalue weighted by Gasteiger charge is -2.16.